The summed E-state index contributed by atoms with van der Waals surface area (Å²) in [6, 6.07) is 2.58. The van der Waals surface area contributed by atoms with E-state index in [1.807, 2.05) is 0 Å². The summed E-state index contributed by atoms with van der Waals surface area (Å²) in [7, 11) is 0. The van der Waals surface area contributed by atoms with E-state index >= 15 is 0 Å². The van der Waals surface area contributed by atoms with Gasteiger partial charge in [0.05, 0.1) is 15.8 Å². The number of anilines is 1. The first kappa shape index (κ1) is 11.9. The molecule has 15 heavy (non-hydrogen) atoms. The maximum absolute atomic E-state index is 10.6. The molecule has 0 unspecified atom stereocenters. The quantitative estimate of drug-likeness (QED) is 0.386. The van der Waals surface area contributed by atoms with Crippen molar-refractivity contribution in [3.8, 4) is 5.75 Å². The van der Waals surface area contributed by atoms with Gasteiger partial charge in [-0.15, -0.1) is 11.6 Å². The van der Waals surface area contributed by atoms with Gasteiger partial charge in [0.1, 0.15) is 6.61 Å². The first-order chi connectivity index (χ1) is 7.06. The summed E-state index contributed by atoms with van der Waals surface area (Å²) in [5.74, 6) is 0.439. The number of nitrogen functional groups attached to an aromatic ring is 1. The highest BCUT2D eigenvalue weighted by atomic mass is 35.5. The molecule has 0 fully saturated rings. The lowest BCUT2D eigenvalue weighted by Crippen LogP contribution is -2.03. The lowest BCUT2D eigenvalue weighted by atomic mass is 10.2. The fraction of sp³-hybridized carbons (Fsp3) is 0.250. The van der Waals surface area contributed by atoms with Crippen molar-refractivity contribution >= 4 is 34.6 Å². The van der Waals surface area contributed by atoms with E-state index in [9.17, 15) is 10.1 Å². The number of nitro groups is 1. The van der Waals surface area contributed by atoms with Crippen LogP contribution in [0.2, 0.25) is 5.02 Å². The number of benzene rings is 1. The van der Waals surface area contributed by atoms with Crippen molar-refractivity contribution in [2.75, 3.05) is 18.2 Å². The highest BCUT2D eigenvalue weighted by Crippen LogP contribution is 2.34. The SMILES string of the molecule is Nc1c(OCCCl)cc(Cl)cc1[N+](=O)[O-]. The van der Waals surface area contributed by atoms with E-state index in [0.717, 1.165) is 0 Å². The van der Waals surface area contributed by atoms with Crippen LogP contribution in [-0.4, -0.2) is 17.4 Å². The minimum Gasteiger partial charge on any atom is -0.490 e. The van der Waals surface area contributed by atoms with E-state index in [1.165, 1.54) is 12.1 Å². The van der Waals surface area contributed by atoms with Gasteiger partial charge in [-0.3, -0.25) is 10.1 Å². The van der Waals surface area contributed by atoms with Gasteiger partial charge in [-0.05, 0) is 0 Å². The molecule has 7 heteroatoms. The van der Waals surface area contributed by atoms with Crippen LogP contribution >= 0.6 is 23.2 Å². The predicted octanol–water partition coefficient (Wildman–Crippen LogP) is 2.45. The summed E-state index contributed by atoms with van der Waals surface area (Å²) in [6.07, 6.45) is 0. The molecule has 82 valence electrons. The summed E-state index contributed by atoms with van der Waals surface area (Å²) in [5.41, 5.74) is 5.21. The third kappa shape index (κ3) is 2.87. The van der Waals surface area contributed by atoms with E-state index in [1.54, 1.807) is 0 Å². The van der Waals surface area contributed by atoms with Crippen LogP contribution in [0.1, 0.15) is 0 Å². The molecule has 0 atom stereocenters. The van der Waals surface area contributed by atoms with Crippen molar-refractivity contribution in [2.24, 2.45) is 0 Å². The number of nitro benzene ring substituents is 1. The summed E-state index contributed by atoms with van der Waals surface area (Å²) >= 11 is 11.1. The molecule has 0 saturated carbocycles. The van der Waals surface area contributed by atoms with Crippen LogP contribution in [0.3, 0.4) is 0 Å². The van der Waals surface area contributed by atoms with Gasteiger partial charge >= 0.3 is 0 Å². The fourth-order valence-corrected chi connectivity index (χ4v) is 1.28. The van der Waals surface area contributed by atoms with Crippen LogP contribution < -0.4 is 10.5 Å². The van der Waals surface area contributed by atoms with Gasteiger partial charge < -0.3 is 10.5 Å². The average molecular weight is 251 g/mol. The van der Waals surface area contributed by atoms with Crippen LogP contribution in [0, 0.1) is 10.1 Å². The Morgan fingerprint density at radius 1 is 1.53 bits per heavy atom. The van der Waals surface area contributed by atoms with Crippen molar-refractivity contribution in [2.45, 2.75) is 0 Å². The number of rotatable bonds is 4. The van der Waals surface area contributed by atoms with Crippen LogP contribution in [0.25, 0.3) is 0 Å². The second-order valence-corrected chi connectivity index (χ2v) is 3.45. The smallest absolute Gasteiger partial charge is 0.297 e. The normalized spacial score (nSPS) is 10.0. The Labute approximate surface area is 95.9 Å². The van der Waals surface area contributed by atoms with Crippen molar-refractivity contribution in [1.82, 2.24) is 0 Å². The van der Waals surface area contributed by atoms with Gasteiger partial charge in [0.2, 0.25) is 0 Å². The molecule has 0 heterocycles. The lowest BCUT2D eigenvalue weighted by molar-refractivity contribution is -0.383. The molecule has 1 rings (SSSR count). The molecule has 0 amide bonds. The van der Waals surface area contributed by atoms with Crippen LogP contribution in [0.15, 0.2) is 12.1 Å². The molecule has 1 aromatic carbocycles. The largest absolute Gasteiger partial charge is 0.490 e. The number of nitrogens with zero attached hydrogens (tertiary/aromatic N) is 1. The molecule has 0 aliphatic rings. The maximum Gasteiger partial charge on any atom is 0.297 e. The summed E-state index contributed by atoms with van der Waals surface area (Å²) < 4.78 is 5.11. The van der Waals surface area contributed by atoms with Crippen molar-refractivity contribution in [3.05, 3.63) is 27.3 Å². The topological polar surface area (TPSA) is 78.4 Å². The summed E-state index contributed by atoms with van der Waals surface area (Å²) in [5, 5.41) is 10.8. The zero-order valence-electron chi connectivity index (χ0n) is 7.57. The molecule has 0 aliphatic carbocycles. The molecule has 0 aromatic heterocycles. The first-order valence-corrected chi connectivity index (χ1v) is 4.89. The predicted molar refractivity (Wildman–Crippen MR) is 58.7 cm³/mol. The minimum atomic E-state index is -0.616. The number of ether oxygens (including phenoxy) is 1. The Hall–Kier alpha value is -1.20. The molecule has 0 saturated heterocycles. The molecular weight excluding hydrogens is 243 g/mol. The monoisotopic (exact) mass is 250 g/mol. The van der Waals surface area contributed by atoms with Crippen molar-refractivity contribution in [1.29, 1.82) is 0 Å². The van der Waals surface area contributed by atoms with Gasteiger partial charge in [0.25, 0.3) is 5.69 Å². The molecular formula is C8H8Cl2N2O3. The minimum absolute atomic E-state index is 0.0467. The fourth-order valence-electron chi connectivity index (χ4n) is 0.998. The van der Waals surface area contributed by atoms with Gasteiger partial charge in [-0.1, -0.05) is 11.6 Å². The Bertz CT molecular complexity index is 384. The molecule has 0 aliphatic heterocycles. The average Bonchev–Trinajstić information content (AvgIpc) is 2.18. The van der Waals surface area contributed by atoms with E-state index in [0.29, 0.717) is 0 Å². The van der Waals surface area contributed by atoms with E-state index < -0.39 is 4.92 Å². The van der Waals surface area contributed by atoms with Gasteiger partial charge in [0.15, 0.2) is 11.4 Å². The third-order valence-corrected chi connectivity index (χ3v) is 1.99. The second kappa shape index (κ2) is 5.04. The Kier molecular flexibility index (Phi) is 3.99. The van der Waals surface area contributed by atoms with Gasteiger partial charge in [-0.2, -0.15) is 0 Å². The molecule has 0 bridgehead atoms. The van der Waals surface area contributed by atoms with Crippen LogP contribution in [0.4, 0.5) is 11.4 Å². The van der Waals surface area contributed by atoms with Gasteiger partial charge in [-0.25, -0.2) is 0 Å². The Balaban J connectivity index is 3.10. The van der Waals surface area contributed by atoms with E-state index in [2.05, 4.69) is 0 Å². The number of alkyl halides is 1. The van der Waals surface area contributed by atoms with Crippen LogP contribution in [0.5, 0.6) is 5.75 Å². The zero-order chi connectivity index (χ0) is 11.4. The Morgan fingerprint density at radius 2 is 2.20 bits per heavy atom. The molecule has 2 N–H and O–H groups in total. The standard InChI is InChI=1S/C8H8Cl2N2O3/c9-1-2-15-7-4-5(10)3-6(8(7)11)12(13)14/h3-4H,1-2,11H2. The molecule has 1 aromatic rings. The molecule has 0 spiro atoms. The number of hydrogen-bond donors (Lipinski definition) is 1. The number of halogens is 2. The van der Waals surface area contributed by atoms with Gasteiger partial charge in [0, 0.05) is 12.1 Å². The van der Waals surface area contributed by atoms with E-state index in [-0.39, 0.29) is 34.6 Å². The molecule has 5 nitrogen and oxygen atoms in total. The third-order valence-electron chi connectivity index (χ3n) is 1.62. The van der Waals surface area contributed by atoms with Crippen molar-refractivity contribution < 1.29 is 9.66 Å². The highest BCUT2D eigenvalue weighted by molar-refractivity contribution is 6.31. The molecule has 0 radical (unpaired) electrons. The maximum atomic E-state index is 10.6. The summed E-state index contributed by atoms with van der Waals surface area (Å²) in [6.45, 7) is 0.212. The second-order valence-electron chi connectivity index (χ2n) is 2.63. The Morgan fingerprint density at radius 3 is 2.73 bits per heavy atom. The highest BCUT2D eigenvalue weighted by Gasteiger charge is 2.17. The number of hydrogen-bond acceptors (Lipinski definition) is 4. The number of nitrogens with two attached hydrogens (primary N) is 1. The first-order valence-electron chi connectivity index (χ1n) is 3.98. The van der Waals surface area contributed by atoms with Crippen LogP contribution in [-0.2, 0) is 0 Å². The summed E-state index contributed by atoms with van der Waals surface area (Å²) in [4.78, 5) is 9.97. The zero-order valence-corrected chi connectivity index (χ0v) is 9.09. The lowest BCUT2D eigenvalue weighted by Gasteiger charge is -2.07. The van der Waals surface area contributed by atoms with E-state index in [4.69, 9.17) is 33.7 Å². The van der Waals surface area contributed by atoms with Crippen molar-refractivity contribution in [3.63, 3.8) is 0 Å².